The Morgan fingerprint density at radius 1 is 0.912 bits per heavy atom. The molecule has 2 heterocycles. The number of nitrogens with one attached hydrogen (secondary N) is 1. The van der Waals surface area contributed by atoms with Crippen LogP contribution in [0.1, 0.15) is 25.0 Å². The van der Waals surface area contributed by atoms with Crippen LogP contribution in [0.4, 0.5) is 10.1 Å². The van der Waals surface area contributed by atoms with Crippen LogP contribution in [0.25, 0.3) is 0 Å². The summed E-state index contributed by atoms with van der Waals surface area (Å²) in [4.78, 5) is 18.9. The fourth-order valence-corrected chi connectivity index (χ4v) is 5.08. The van der Waals surface area contributed by atoms with Gasteiger partial charge >= 0.3 is 0 Å². The predicted octanol–water partition coefficient (Wildman–Crippen LogP) is 4.15. The molecule has 2 aliphatic heterocycles. The van der Waals surface area contributed by atoms with Crippen LogP contribution in [0, 0.1) is 11.7 Å². The van der Waals surface area contributed by atoms with Crippen LogP contribution in [0.5, 0.6) is 0 Å². The molecule has 2 saturated heterocycles. The van der Waals surface area contributed by atoms with E-state index in [2.05, 4.69) is 5.32 Å². The lowest BCUT2D eigenvalue weighted by Crippen LogP contribution is -2.57. The van der Waals surface area contributed by atoms with Crippen molar-refractivity contribution in [2.24, 2.45) is 5.92 Å². The van der Waals surface area contributed by atoms with Gasteiger partial charge in [-0.25, -0.2) is 9.65 Å². The maximum Gasteiger partial charge on any atom is 0.266 e. The Morgan fingerprint density at radius 3 is 2.06 bits per heavy atom. The molecule has 176 valence electrons. The van der Waals surface area contributed by atoms with Crippen LogP contribution >= 0.6 is 0 Å². The van der Waals surface area contributed by atoms with E-state index in [-0.39, 0.29) is 5.56 Å². The quantitative estimate of drug-likeness (QED) is 0.287. The van der Waals surface area contributed by atoms with Gasteiger partial charge in [0.2, 0.25) is 17.2 Å². The van der Waals surface area contributed by atoms with E-state index in [0.717, 1.165) is 0 Å². The van der Waals surface area contributed by atoms with Crippen molar-refractivity contribution >= 4 is 11.6 Å². The summed E-state index contributed by atoms with van der Waals surface area (Å²) in [5.41, 5.74) is -2.78. The maximum absolute atomic E-state index is 13.9. The molecular weight excluding hydrogens is 441 g/mol. The summed E-state index contributed by atoms with van der Waals surface area (Å²) in [6, 6.07) is 22.3. The standard InChI is InChI=1S/C26H24FNO6/c1-17(2)26(34-31)24(22(29)28-21-11-7-4-8-12-21)23(32-24,18-9-5-3-6-10-18)25(30,33-26)19-13-15-20(27)16-14-19/h3-17,30-31H,1-2H3,(H,28,29). The molecule has 2 aliphatic rings. The number of fused-ring (bicyclic) bond motifs is 1. The smallest absolute Gasteiger partial charge is 0.266 e. The number of hydrogen-bond acceptors (Lipinski definition) is 6. The van der Waals surface area contributed by atoms with Gasteiger partial charge in [-0.3, -0.25) is 4.79 Å². The van der Waals surface area contributed by atoms with Gasteiger partial charge in [-0.15, -0.1) is 0 Å². The van der Waals surface area contributed by atoms with Gasteiger partial charge in [0.1, 0.15) is 5.82 Å². The summed E-state index contributed by atoms with van der Waals surface area (Å²) in [7, 11) is 0. The van der Waals surface area contributed by atoms with Gasteiger partial charge in [0, 0.05) is 17.2 Å². The number of benzene rings is 3. The molecule has 3 aromatic rings. The molecule has 8 heteroatoms. The van der Waals surface area contributed by atoms with Crippen LogP contribution in [0.15, 0.2) is 84.9 Å². The minimum absolute atomic E-state index is 0.131. The van der Waals surface area contributed by atoms with Crippen molar-refractivity contribution in [2.75, 3.05) is 5.32 Å². The normalized spacial score (nSPS) is 31.8. The number of para-hydroxylation sites is 1. The summed E-state index contributed by atoms with van der Waals surface area (Å²) < 4.78 is 26.1. The van der Waals surface area contributed by atoms with Crippen LogP contribution in [-0.4, -0.2) is 27.7 Å². The molecular formula is C26H24FNO6. The summed E-state index contributed by atoms with van der Waals surface area (Å²) in [5, 5.41) is 25.1. The molecule has 4 unspecified atom stereocenters. The first-order valence-corrected chi connectivity index (χ1v) is 10.9. The Bertz CT molecular complexity index is 1210. The zero-order chi connectivity index (χ0) is 24.2. The number of carbonyl (C=O) groups excluding carboxylic acids is 1. The van der Waals surface area contributed by atoms with Crippen LogP contribution in [-0.2, 0) is 30.5 Å². The Hall–Kier alpha value is -3.14. The SMILES string of the molecule is CC(C)C1(OO)OC(O)(c2ccc(F)cc2)C2(c3ccccc3)OC12C(=O)Nc1ccccc1. The summed E-state index contributed by atoms with van der Waals surface area (Å²) in [5.74, 6) is -6.28. The van der Waals surface area contributed by atoms with E-state index in [1.807, 2.05) is 0 Å². The van der Waals surface area contributed by atoms with Crippen molar-refractivity contribution in [2.45, 2.75) is 36.6 Å². The lowest BCUT2D eigenvalue weighted by Gasteiger charge is -2.38. The molecule has 0 saturated carbocycles. The van der Waals surface area contributed by atoms with E-state index in [1.165, 1.54) is 24.3 Å². The van der Waals surface area contributed by atoms with E-state index in [1.54, 1.807) is 74.5 Å². The highest BCUT2D eigenvalue weighted by Gasteiger charge is 2.99. The topological polar surface area (TPSA) is 101 Å². The summed E-state index contributed by atoms with van der Waals surface area (Å²) in [6.07, 6.45) is 0. The number of anilines is 1. The van der Waals surface area contributed by atoms with E-state index in [9.17, 15) is 19.5 Å². The van der Waals surface area contributed by atoms with Gasteiger partial charge in [-0.1, -0.05) is 74.5 Å². The van der Waals surface area contributed by atoms with Gasteiger partial charge in [0.25, 0.3) is 5.91 Å². The summed E-state index contributed by atoms with van der Waals surface area (Å²) in [6.45, 7) is 3.34. The number of epoxide rings is 1. The van der Waals surface area contributed by atoms with Crippen LogP contribution in [0.3, 0.4) is 0 Å². The van der Waals surface area contributed by atoms with Crippen molar-refractivity contribution in [3.63, 3.8) is 0 Å². The molecule has 5 rings (SSSR count). The molecule has 0 aliphatic carbocycles. The van der Waals surface area contributed by atoms with Crippen molar-refractivity contribution in [3.05, 3.63) is 102 Å². The molecule has 0 aromatic heterocycles. The van der Waals surface area contributed by atoms with Gasteiger partial charge < -0.3 is 19.9 Å². The number of aliphatic hydroxyl groups is 1. The maximum atomic E-state index is 13.9. The highest BCUT2D eigenvalue weighted by Crippen LogP contribution is 2.77. The first kappa shape index (κ1) is 22.6. The number of rotatable bonds is 6. The van der Waals surface area contributed by atoms with Gasteiger partial charge in [-0.2, -0.15) is 4.89 Å². The first-order valence-electron chi connectivity index (χ1n) is 10.9. The fraction of sp³-hybridized carbons (Fsp3) is 0.269. The molecule has 0 radical (unpaired) electrons. The van der Waals surface area contributed by atoms with Crippen LogP contribution in [0.2, 0.25) is 0 Å². The lowest BCUT2D eigenvalue weighted by atomic mass is 9.74. The Labute approximate surface area is 195 Å². The molecule has 4 atom stereocenters. The Morgan fingerprint density at radius 2 is 1.50 bits per heavy atom. The van der Waals surface area contributed by atoms with Crippen molar-refractivity contribution in [1.82, 2.24) is 0 Å². The Kier molecular flexibility index (Phi) is 5.12. The average molecular weight is 465 g/mol. The third-order valence-electron chi connectivity index (χ3n) is 6.69. The number of hydrogen-bond donors (Lipinski definition) is 3. The van der Waals surface area contributed by atoms with Gasteiger partial charge in [0.15, 0.2) is 5.60 Å². The molecule has 1 amide bonds. The zero-order valence-corrected chi connectivity index (χ0v) is 18.6. The third-order valence-corrected chi connectivity index (χ3v) is 6.69. The monoisotopic (exact) mass is 465 g/mol. The third kappa shape index (κ3) is 2.71. The van der Waals surface area contributed by atoms with E-state index < -0.39 is 40.4 Å². The highest BCUT2D eigenvalue weighted by molar-refractivity contribution is 6.02. The molecule has 3 aromatic carbocycles. The second kappa shape index (κ2) is 7.69. The molecule has 34 heavy (non-hydrogen) atoms. The van der Waals surface area contributed by atoms with Gasteiger partial charge in [0.05, 0.1) is 0 Å². The second-order valence-electron chi connectivity index (χ2n) is 8.82. The Balaban J connectivity index is 1.75. The van der Waals surface area contributed by atoms with Crippen LogP contribution < -0.4 is 5.32 Å². The predicted molar refractivity (Wildman–Crippen MR) is 120 cm³/mol. The van der Waals surface area contributed by atoms with E-state index >= 15 is 0 Å². The molecule has 0 spiro atoms. The molecule has 2 fully saturated rings. The number of amides is 1. The van der Waals surface area contributed by atoms with Gasteiger partial charge in [-0.05, 0) is 29.8 Å². The van der Waals surface area contributed by atoms with E-state index in [4.69, 9.17) is 14.4 Å². The first-order chi connectivity index (χ1) is 16.3. The highest BCUT2D eigenvalue weighted by atomic mass is 19.1. The minimum Gasteiger partial charge on any atom is -0.359 e. The molecule has 7 nitrogen and oxygen atoms in total. The average Bonchev–Trinajstić information content (AvgIpc) is 3.53. The fourth-order valence-electron chi connectivity index (χ4n) is 5.08. The lowest BCUT2D eigenvalue weighted by molar-refractivity contribution is -0.466. The molecule has 0 bridgehead atoms. The number of ether oxygens (including phenoxy) is 2. The van der Waals surface area contributed by atoms with Crippen molar-refractivity contribution in [3.8, 4) is 0 Å². The van der Waals surface area contributed by atoms with Crippen molar-refractivity contribution < 1.29 is 33.9 Å². The molecule has 3 N–H and O–H groups in total. The van der Waals surface area contributed by atoms with E-state index in [0.29, 0.717) is 11.3 Å². The minimum atomic E-state index is -2.32. The second-order valence-corrected chi connectivity index (χ2v) is 8.82. The number of carbonyl (C=O) groups is 1. The summed E-state index contributed by atoms with van der Waals surface area (Å²) >= 11 is 0. The number of halogens is 1. The largest absolute Gasteiger partial charge is 0.359 e. The van der Waals surface area contributed by atoms with Crippen molar-refractivity contribution in [1.29, 1.82) is 0 Å². The zero-order valence-electron chi connectivity index (χ0n) is 18.6.